The highest BCUT2D eigenvalue weighted by Gasteiger charge is 2.38. The van der Waals surface area contributed by atoms with Gasteiger partial charge in [-0.05, 0) is 53.1 Å². The smallest absolute Gasteiger partial charge is 0.417 e. The molecule has 0 heterocycles. The van der Waals surface area contributed by atoms with E-state index >= 15 is 0 Å². The molecule has 0 amide bonds. The molecule has 0 aliphatic rings. The average molecular weight is 462 g/mol. The van der Waals surface area contributed by atoms with E-state index in [-0.39, 0.29) is 30.3 Å². The summed E-state index contributed by atoms with van der Waals surface area (Å²) in [6.07, 6.45) is -4.70. The first-order valence-corrected chi connectivity index (χ1v) is 9.85. The van der Waals surface area contributed by atoms with E-state index in [4.69, 9.17) is 18.9 Å². The lowest BCUT2D eigenvalue weighted by Crippen LogP contribution is -2.14. The van der Waals surface area contributed by atoms with Crippen molar-refractivity contribution in [2.75, 3.05) is 27.8 Å². The number of allylic oxidation sites excluding steroid dienone is 1. The third-order valence-corrected chi connectivity index (χ3v) is 4.64. The number of rotatable bonds is 9. The maximum absolute atomic E-state index is 14.4. The van der Waals surface area contributed by atoms with Crippen molar-refractivity contribution in [3.8, 4) is 11.5 Å². The van der Waals surface area contributed by atoms with Crippen LogP contribution in [0.25, 0.3) is 11.1 Å². The summed E-state index contributed by atoms with van der Waals surface area (Å²) in [4.78, 5) is 0. The zero-order chi connectivity index (χ0) is 23.8. The number of ether oxygens (including phenoxy) is 4. The van der Waals surface area contributed by atoms with Crippen molar-refractivity contribution >= 4 is 11.1 Å². The Balaban J connectivity index is 2.18. The predicted octanol–water partition coefficient (Wildman–Crippen LogP) is 6.31. The van der Waals surface area contributed by atoms with Crippen LogP contribution in [0.5, 0.6) is 11.5 Å². The Morgan fingerprint density at radius 1 is 0.636 bits per heavy atom. The fourth-order valence-electron chi connectivity index (χ4n) is 3.21. The van der Waals surface area contributed by atoms with Crippen LogP contribution in [0.4, 0.5) is 17.6 Å². The lowest BCUT2D eigenvalue weighted by Gasteiger charge is -2.20. The van der Waals surface area contributed by atoms with E-state index < -0.39 is 17.6 Å². The predicted molar refractivity (Wildman–Crippen MR) is 116 cm³/mol. The quantitative estimate of drug-likeness (QED) is 0.212. The summed E-state index contributed by atoms with van der Waals surface area (Å²) in [5.74, 6) is 0.256. The molecule has 3 rings (SSSR count). The van der Waals surface area contributed by atoms with Crippen LogP contribution < -0.4 is 9.47 Å². The van der Waals surface area contributed by atoms with E-state index in [0.717, 1.165) is 12.1 Å². The third kappa shape index (κ3) is 6.34. The fourth-order valence-corrected chi connectivity index (χ4v) is 3.21. The van der Waals surface area contributed by atoms with Gasteiger partial charge in [0, 0.05) is 19.8 Å². The molecule has 0 radical (unpaired) electrons. The summed E-state index contributed by atoms with van der Waals surface area (Å²) in [5, 5.41) is 0. The van der Waals surface area contributed by atoms with Crippen molar-refractivity contribution in [3.05, 3.63) is 95.3 Å². The van der Waals surface area contributed by atoms with Gasteiger partial charge in [0.2, 0.25) is 0 Å². The first-order valence-electron chi connectivity index (χ1n) is 9.85. The highest BCUT2D eigenvalue weighted by atomic mass is 19.4. The van der Waals surface area contributed by atoms with Gasteiger partial charge in [-0.3, -0.25) is 0 Å². The summed E-state index contributed by atoms with van der Waals surface area (Å²) in [5.41, 5.74) is -0.511. The Bertz CT molecular complexity index is 1060. The van der Waals surface area contributed by atoms with Gasteiger partial charge in [0.25, 0.3) is 0 Å². The van der Waals surface area contributed by atoms with Crippen molar-refractivity contribution in [2.45, 2.75) is 6.18 Å². The van der Waals surface area contributed by atoms with Gasteiger partial charge in [-0.2, -0.15) is 13.2 Å². The minimum atomic E-state index is -4.70. The van der Waals surface area contributed by atoms with Crippen LogP contribution in [0.15, 0.2) is 72.8 Å². The van der Waals surface area contributed by atoms with Crippen LogP contribution in [0.2, 0.25) is 0 Å². The maximum Gasteiger partial charge on any atom is 0.417 e. The molecule has 0 saturated carbocycles. The topological polar surface area (TPSA) is 36.9 Å². The Labute approximate surface area is 189 Å². The lowest BCUT2D eigenvalue weighted by atomic mass is 9.89. The van der Waals surface area contributed by atoms with Gasteiger partial charge in [-0.25, -0.2) is 4.39 Å². The molecule has 174 valence electrons. The lowest BCUT2D eigenvalue weighted by molar-refractivity contribution is -0.0685. The number of hydrogen-bond donors (Lipinski definition) is 0. The van der Waals surface area contributed by atoms with Gasteiger partial charge >= 0.3 is 6.18 Å². The number of benzene rings is 3. The number of methoxy groups -OCH3 is 2. The van der Waals surface area contributed by atoms with Crippen LogP contribution in [0, 0.1) is 5.82 Å². The molecular formula is C25H22F4O4. The first kappa shape index (κ1) is 24.3. The zero-order valence-corrected chi connectivity index (χ0v) is 18.0. The molecule has 0 N–H and O–H groups in total. The van der Waals surface area contributed by atoms with E-state index in [9.17, 15) is 17.6 Å². The summed E-state index contributed by atoms with van der Waals surface area (Å²) in [6.45, 7) is -0.0229. The third-order valence-electron chi connectivity index (χ3n) is 4.64. The SMILES string of the molecule is COCOc1ccc(C(=C(c2ccc(OCOC)cc2)C(F)(F)F)c2ccc(F)cc2)cc1. The van der Waals surface area contributed by atoms with Crippen molar-refractivity contribution < 1.29 is 36.5 Å². The van der Waals surface area contributed by atoms with Crippen LogP contribution in [-0.4, -0.2) is 34.0 Å². The van der Waals surface area contributed by atoms with E-state index in [1.807, 2.05) is 0 Å². The summed E-state index contributed by atoms with van der Waals surface area (Å²) < 4.78 is 77.1. The molecule has 33 heavy (non-hydrogen) atoms. The molecule has 0 fully saturated rings. The highest BCUT2D eigenvalue weighted by molar-refractivity contribution is 6.00. The second kappa shape index (κ2) is 11.0. The fraction of sp³-hybridized carbons (Fsp3) is 0.200. The molecule has 0 unspecified atom stereocenters. The Morgan fingerprint density at radius 3 is 1.42 bits per heavy atom. The Kier molecular flexibility index (Phi) is 8.08. The van der Waals surface area contributed by atoms with Crippen LogP contribution in [-0.2, 0) is 9.47 Å². The molecule has 0 aromatic heterocycles. The molecule has 3 aromatic carbocycles. The normalized spacial score (nSPS) is 12.3. The Hall–Kier alpha value is -3.36. The van der Waals surface area contributed by atoms with Gasteiger partial charge < -0.3 is 18.9 Å². The largest absolute Gasteiger partial charge is 0.468 e. The first-order chi connectivity index (χ1) is 15.8. The molecule has 0 bridgehead atoms. The molecule has 0 aliphatic carbocycles. The number of halogens is 4. The molecule has 8 heteroatoms. The van der Waals surface area contributed by atoms with E-state index in [0.29, 0.717) is 17.1 Å². The average Bonchev–Trinajstić information content (AvgIpc) is 2.81. The van der Waals surface area contributed by atoms with Crippen molar-refractivity contribution in [1.82, 2.24) is 0 Å². The van der Waals surface area contributed by atoms with Crippen molar-refractivity contribution in [3.63, 3.8) is 0 Å². The summed E-state index contributed by atoms with van der Waals surface area (Å²) >= 11 is 0. The molecule has 0 atom stereocenters. The van der Waals surface area contributed by atoms with Gasteiger partial charge in [-0.15, -0.1) is 0 Å². The van der Waals surface area contributed by atoms with Gasteiger partial charge in [0.1, 0.15) is 17.3 Å². The van der Waals surface area contributed by atoms with Gasteiger partial charge in [-0.1, -0.05) is 36.4 Å². The van der Waals surface area contributed by atoms with Gasteiger partial charge in [0.05, 0.1) is 5.57 Å². The van der Waals surface area contributed by atoms with Crippen LogP contribution >= 0.6 is 0 Å². The van der Waals surface area contributed by atoms with Gasteiger partial charge in [0.15, 0.2) is 13.6 Å². The zero-order valence-electron chi connectivity index (χ0n) is 18.0. The second-order valence-corrected chi connectivity index (χ2v) is 6.91. The van der Waals surface area contributed by atoms with E-state index in [1.165, 1.54) is 62.8 Å². The standard InChI is InChI=1S/C25H22F4O4/c1-30-15-32-21-11-5-18(6-12-21)23(17-3-9-20(26)10-4-17)24(25(27,28)29)19-7-13-22(14-8-19)33-16-31-2/h3-14H,15-16H2,1-2H3. The minimum Gasteiger partial charge on any atom is -0.468 e. The summed E-state index contributed by atoms with van der Waals surface area (Å²) in [6, 6.07) is 16.6. The van der Waals surface area contributed by atoms with Crippen LogP contribution in [0.1, 0.15) is 16.7 Å². The summed E-state index contributed by atoms with van der Waals surface area (Å²) in [7, 11) is 2.91. The Morgan fingerprint density at radius 2 is 1.03 bits per heavy atom. The minimum absolute atomic E-state index is 0.00526. The van der Waals surface area contributed by atoms with E-state index in [1.54, 1.807) is 12.1 Å². The molecule has 3 aromatic rings. The monoisotopic (exact) mass is 462 g/mol. The molecule has 4 nitrogen and oxygen atoms in total. The second-order valence-electron chi connectivity index (χ2n) is 6.91. The molecule has 0 spiro atoms. The molecular weight excluding hydrogens is 440 g/mol. The molecule has 0 saturated heterocycles. The number of hydrogen-bond acceptors (Lipinski definition) is 4. The maximum atomic E-state index is 14.4. The highest BCUT2D eigenvalue weighted by Crippen LogP contribution is 2.43. The molecule has 0 aliphatic heterocycles. The van der Waals surface area contributed by atoms with Crippen LogP contribution in [0.3, 0.4) is 0 Å². The van der Waals surface area contributed by atoms with Crippen molar-refractivity contribution in [2.24, 2.45) is 0 Å². The van der Waals surface area contributed by atoms with Crippen molar-refractivity contribution in [1.29, 1.82) is 0 Å². The van der Waals surface area contributed by atoms with E-state index in [2.05, 4.69) is 0 Å². The number of alkyl halides is 3.